The van der Waals surface area contributed by atoms with Gasteiger partial charge in [0, 0.05) is 33.0 Å². The van der Waals surface area contributed by atoms with Crippen molar-refractivity contribution in [2.45, 2.75) is 19.3 Å². The number of para-hydroxylation sites is 2. The maximum Gasteiger partial charge on any atom is 0.238 e. The first kappa shape index (κ1) is 33.0. The predicted octanol–water partition coefficient (Wildman–Crippen LogP) is 13.2. The highest BCUT2D eigenvalue weighted by molar-refractivity contribution is 6.25. The molecule has 0 bridgehead atoms. The van der Waals surface area contributed by atoms with Crippen LogP contribution in [0.15, 0.2) is 188 Å². The third-order valence-corrected chi connectivity index (χ3v) is 11.6. The third-order valence-electron chi connectivity index (χ3n) is 11.6. The molecule has 0 saturated carbocycles. The van der Waals surface area contributed by atoms with Crippen LogP contribution >= 0.6 is 0 Å². The summed E-state index contributed by atoms with van der Waals surface area (Å²) in [6.07, 6.45) is 0. The lowest BCUT2D eigenvalue weighted by Gasteiger charge is -2.42. The van der Waals surface area contributed by atoms with Crippen LogP contribution in [0.4, 0.5) is 17.1 Å². The molecular weight excluding hydrogens is 695 g/mol. The van der Waals surface area contributed by atoms with Crippen molar-refractivity contribution in [3.8, 4) is 39.9 Å². The molecule has 0 amide bonds. The van der Waals surface area contributed by atoms with E-state index in [4.69, 9.17) is 15.0 Å². The lowest BCUT2D eigenvalue weighted by atomic mass is 9.73. The minimum absolute atomic E-state index is 0.242. The first-order valence-electron chi connectivity index (χ1n) is 19.5. The summed E-state index contributed by atoms with van der Waals surface area (Å²) in [5.74, 6) is 1.84. The van der Waals surface area contributed by atoms with E-state index < -0.39 is 0 Å². The van der Waals surface area contributed by atoms with Crippen LogP contribution in [0.2, 0.25) is 0 Å². The SMILES string of the molecule is CC1(C)c2ccccc2N(c2ccccc2)c2ccc(-c3cccc4c3c3c5ccccc5ccc3n4-c3nc(-c4ccccc4)nc(-c4ccccc4)n3)cc21. The molecule has 0 atom stereocenters. The highest BCUT2D eigenvalue weighted by Crippen LogP contribution is 2.53. The quantitative estimate of drug-likeness (QED) is 0.177. The van der Waals surface area contributed by atoms with Crippen LogP contribution in [0.25, 0.3) is 72.4 Å². The van der Waals surface area contributed by atoms with E-state index in [1.165, 1.54) is 44.0 Å². The van der Waals surface area contributed by atoms with Gasteiger partial charge in [-0.15, -0.1) is 0 Å². The molecule has 1 aliphatic heterocycles. The smallest absolute Gasteiger partial charge is 0.238 e. The zero-order valence-corrected chi connectivity index (χ0v) is 31.6. The van der Waals surface area contributed by atoms with Crippen LogP contribution < -0.4 is 4.90 Å². The van der Waals surface area contributed by atoms with Crippen LogP contribution in [0, 0.1) is 0 Å². The van der Waals surface area contributed by atoms with E-state index in [2.05, 4.69) is 175 Å². The van der Waals surface area contributed by atoms with Crippen LogP contribution in [0.1, 0.15) is 25.0 Å². The molecule has 0 N–H and O–H groups in total. The third kappa shape index (κ3) is 5.20. The Morgan fingerprint density at radius 1 is 0.439 bits per heavy atom. The lowest BCUT2D eigenvalue weighted by Crippen LogP contribution is -2.30. The molecule has 10 aromatic rings. The lowest BCUT2D eigenvalue weighted by molar-refractivity contribution is 0.632. The summed E-state index contributed by atoms with van der Waals surface area (Å²) in [6.45, 7) is 4.71. The highest BCUT2D eigenvalue weighted by Gasteiger charge is 2.37. The molecule has 0 saturated heterocycles. The molecule has 0 unspecified atom stereocenters. The Balaban J connectivity index is 1.20. The topological polar surface area (TPSA) is 46.8 Å². The summed E-state index contributed by atoms with van der Waals surface area (Å²) in [7, 11) is 0. The minimum Gasteiger partial charge on any atom is -0.310 e. The van der Waals surface area contributed by atoms with Gasteiger partial charge in [-0.3, -0.25) is 4.57 Å². The molecule has 0 fully saturated rings. The molecule has 2 aromatic heterocycles. The number of rotatable bonds is 5. The average Bonchev–Trinajstić information content (AvgIpc) is 3.63. The van der Waals surface area contributed by atoms with E-state index in [-0.39, 0.29) is 5.41 Å². The molecule has 0 spiro atoms. The van der Waals surface area contributed by atoms with Crippen molar-refractivity contribution in [1.82, 2.24) is 19.5 Å². The van der Waals surface area contributed by atoms with Crippen molar-refractivity contribution in [2.24, 2.45) is 0 Å². The Morgan fingerprint density at radius 3 is 1.79 bits per heavy atom. The fourth-order valence-corrected chi connectivity index (χ4v) is 8.91. The van der Waals surface area contributed by atoms with Gasteiger partial charge in [-0.2, -0.15) is 9.97 Å². The number of aromatic nitrogens is 4. The Morgan fingerprint density at radius 2 is 1.05 bits per heavy atom. The zero-order chi connectivity index (χ0) is 38.1. The number of anilines is 3. The molecule has 11 rings (SSSR count). The van der Waals surface area contributed by atoms with Crippen molar-refractivity contribution in [3.63, 3.8) is 0 Å². The molecular formula is C52H37N5. The molecule has 270 valence electrons. The molecule has 0 aliphatic carbocycles. The van der Waals surface area contributed by atoms with Gasteiger partial charge in [0.15, 0.2) is 11.6 Å². The minimum atomic E-state index is -0.242. The number of hydrogen-bond acceptors (Lipinski definition) is 4. The number of nitrogens with zero attached hydrogens (tertiary/aromatic N) is 5. The van der Waals surface area contributed by atoms with Gasteiger partial charge >= 0.3 is 0 Å². The Hall–Kier alpha value is -7.37. The fourth-order valence-electron chi connectivity index (χ4n) is 8.91. The van der Waals surface area contributed by atoms with Crippen molar-refractivity contribution in [1.29, 1.82) is 0 Å². The zero-order valence-electron chi connectivity index (χ0n) is 31.6. The van der Waals surface area contributed by atoms with E-state index in [1.54, 1.807) is 0 Å². The van der Waals surface area contributed by atoms with Gasteiger partial charge in [0.1, 0.15) is 0 Å². The van der Waals surface area contributed by atoms with Gasteiger partial charge in [0.25, 0.3) is 0 Å². The van der Waals surface area contributed by atoms with Crippen LogP contribution in [-0.4, -0.2) is 19.5 Å². The maximum absolute atomic E-state index is 5.22. The monoisotopic (exact) mass is 731 g/mol. The summed E-state index contributed by atoms with van der Waals surface area (Å²) in [6, 6.07) is 66.7. The Kier molecular flexibility index (Phi) is 7.45. The van der Waals surface area contributed by atoms with Crippen LogP contribution in [0.3, 0.4) is 0 Å². The van der Waals surface area contributed by atoms with E-state index in [0.717, 1.165) is 39.0 Å². The second-order valence-electron chi connectivity index (χ2n) is 15.3. The maximum atomic E-state index is 5.22. The predicted molar refractivity (Wildman–Crippen MR) is 235 cm³/mol. The average molecular weight is 732 g/mol. The summed E-state index contributed by atoms with van der Waals surface area (Å²) >= 11 is 0. The van der Waals surface area contributed by atoms with Crippen molar-refractivity contribution in [3.05, 3.63) is 199 Å². The number of benzene rings is 8. The van der Waals surface area contributed by atoms with Gasteiger partial charge in [-0.25, -0.2) is 4.98 Å². The molecule has 5 nitrogen and oxygen atoms in total. The first-order chi connectivity index (χ1) is 28.0. The molecule has 5 heteroatoms. The molecule has 0 radical (unpaired) electrons. The van der Waals surface area contributed by atoms with Crippen molar-refractivity contribution < 1.29 is 0 Å². The largest absolute Gasteiger partial charge is 0.310 e. The van der Waals surface area contributed by atoms with Gasteiger partial charge in [0.2, 0.25) is 5.95 Å². The van der Waals surface area contributed by atoms with E-state index in [1.807, 2.05) is 36.4 Å². The summed E-state index contributed by atoms with van der Waals surface area (Å²) in [4.78, 5) is 17.9. The number of fused-ring (bicyclic) bond motifs is 7. The second kappa shape index (κ2) is 12.9. The van der Waals surface area contributed by atoms with Crippen LogP contribution in [0.5, 0.6) is 0 Å². The molecule has 1 aliphatic rings. The standard InChI is InChI=1S/C52H37N5/c1-52(2)41-26-14-15-27-43(41)56(38-22-10-5-11-23-38)44-31-30-37(33-42(44)52)40-25-16-28-45-48(40)47-39-24-13-12-17-34(39)29-32-46(47)57(45)51-54-49(35-18-6-3-7-19-35)53-50(55-51)36-20-8-4-9-21-36/h3-33H,1-2H3. The number of hydrogen-bond donors (Lipinski definition) is 0. The Bertz CT molecular complexity index is 3090. The van der Waals surface area contributed by atoms with Crippen LogP contribution in [-0.2, 0) is 5.41 Å². The normalized spacial score (nSPS) is 13.2. The molecule has 3 heterocycles. The Labute approximate surface area is 331 Å². The van der Waals surface area contributed by atoms with Gasteiger partial charge in [0.05, 0.1) is 22.4 Å². The fraction of sp³-hybridized carbons (Fsp3) is 0.0577. The highest BCUT2D eigenvalue weighted by atomic mass is 15.2. The second-order valence-corrected chi connectivity index (χ2v) is 15.3. The van der Waals surface area contributed by atoms with E-state index >= 15 is 0 Å². The molecule has 57 heavy (non-hydrogen) atoms. The first-order valence-corrected chi connectivity index (χ1v) is 19.5. The van der Waals surface area contributed by atoms with Crippen molar-refractivity contribution in [2.75, 3.05) is 4.90 Å². The van der Waals surface area contributed by atoms with Gasteiger partial charge in [-0.1, -0.05) is 159 Å². The summed E-state index contributed by atoms with van der Waals surface area (Å²) in [5.41, 5.74) is 12.2. The van der Waals surface area contributed by atoms with Gasteiger partial charge < -0.3 is 4.90 Å². The van der Waals surface area contributed by atoms with Gasteiger partial charge in [-0.05, 0) is 75.5 Å². The summed E-state index contributed by atoms with van der Waals surface area (Å²) in [5, 5.41) is 4.72. The molecule has 8 aromatic carbocycles. The van der Waals surface area contributed by atoms with Crippen molar-refractivity contribution >= 4 is 49.6 Å². The van der Waals surface area contributed by atoms with E-state index in [9.17, 15) is 0 Å². The van der Waals surface area contributed by atoms with E-state index in [0.29, 0.717) is 17.6 Å². The summed E-state index contributed by atoms with van der Waals surface area (Å²) < 4.78 is 2.23.